The molecule has 0 aliphatic carbocycles. The van der Waals surface area contributed by atoms with Gasteiger partial charge in [0.2, 0.25) is 0 Å². The smallest absolute Gasteiger partial charge is 0.286 e. The Balaban J connectivity index is 1.44. The minimum absolute atomic E-state index is 0.201. The Morgan fingerprint density at radius 2 is 2.17 bits per heavy atom. The number of hydrogen-bond acceptors (Lipinski definition) is 4. The molecule has 0 atom stereocenters. The van der Waals surface area contributed by atoms with Crippen LogP contribution in [-0.4, -0.2) is 32.0 Å². The summed E-state index contributed by atoms with van der Waals surface area (Å²) in [6.45, 7) is 3.82. The molecule has 7 nitrogen and oxygen atoms in total. The van der Waals surface area contributed by atoms with Crippen LogP contribution in [-0.2, 0) is 13.1 Å². The van der Waals surface area contributed by atoms with Gasteiger partial charge < -0.3 is 9.73 Å². The highest BCUT2D eigenvalue weighted by molar-refractivity contribution is 5.91. The van der Waals surface area contributed by atoms with E-state index >= 15 is 0 Å². The fourth-order valence-electron chi connectivity index (χ4n) is 2.26. The molecule has 7 heteroatoms. The zero-order chi connectivity index (χ0) is 16.1. The van der Waals surface area contributed by atoms with Gasteiger partial charge in [-0.05, 0) is 37.6 Å². The van der Waals surface area contributed by atoms with E-state index in [2.05, 4.69) is 15.5 Å². The summed E-state index contributed by atoms with van der Waals surface area (Å²) >= 11 is 0. The van der Waals surface area contributed by atoms with Gasteiger partial charge in [-0.2, -0.15) is 10.2 Å². The van der Waals surface area contributed by atoms with Crippen molar-refractivity contribution in [2.45, 2.75) is 26.4 Å². The lowest BCUT2D eigenvalue weighted by Crippen LogP contribution is -2.24. The normalized spacial score (nSPS) is 10.8. The summed E-state index contributed by atoms with van der Waals surface area (Å²) in [6, 6.07) is 7.29. The number of aromatic nitrogens is 4. The van der Waals surface area contributed by atoms with Crippen molar-refractivity contribution in [2.75, 3.05) is 6.54 Å². The van der Waals surface area contributed by atoms with E-state index in [-0.39, 0.29) is 5.91 Å². The van der Waals surface area contributed by atoms with Crippen LogP contribution in [0, 0.1) is 6.92 Å². The molecule has 0 saturated carbocycles. The van der Waals surface area contributed by atoms with Gasteiger partial charge in [-0.3, -0.25) is 14.2 Å². The Morgan fingerprint density at radius 1 is 1.26 bits per heavy atom. The van der Waals surface area contributed by atoms with Crippen LogP contribution < -0.4 is 5.32 Å². The van der Waals surface area contributed by atoms with Crippen LogP contribution in [0.25, 0.3) is 0 Å². The van der Waals surface area contributed by atoms with Crippen LogP contribution in [0.5, 0.6) is 0 Å². The van der Waals surface area contributed by atoms with Gasteiger partial charge in [-0.25, -0.2) is 0 Å². The molecule has 0 bridgehead atoms. The second-order valence-corrected chi connectivity index (χ2v) is 5.30. The SMILES string of the molecule is Cc1ccn(CCCNC(=O)c2ccc(Cn3cccn3)o2)n1. The minimum Gasteiger partial charge on any atom is -0.454 e. The number of carbonyl (C=O) groups excluding carboxylic acids is 1. The van der Waals surface area contributed by atoms with Crippen molar-refractivity contribution in [3.05, 3.63) is 60.1 Å². The molecule has 0 aliphatic rings. The maximum absolute atomic E-state index is 12.0. The predicted molar refractivity (Wildman–Crippen MR) is 84.0 cm³/mol. The van der Waals surface area contributed by atoms with Gasteiger partial charge in [0.25, 0.3) is 5.91 Å². The van der Waals surface area contributed by atoms with E-state index in [0.717, 1.165) is 18.7 Å². The topological polar surface area (TPSA) is 77.9 Å². The Morgan fingerprint density at radius 3 is 2.91 bits per heavy atom. The summed E-state index contributed by atoms with van der Waals surface area (Å²) in [5.41, 5.74) is 0.995. The molecule has 0 fully saturated rings. The molecule has 3 rings (SSSR count). The van der Waals surface area contributed by atoms with Crippen molar-refractivity contribution in [3.8, 4) is 0 Å². The first-order chi connectivity index (χ1) is 11.2. The Bertz CT molecular complexity index is 757. The second kappa shape index (κ2) is 6.95. The Kier molecular flexibility index (Phi) is 4.56. The largest absolute Gasteiger partial charge is 0.454 e. The average molecular weight is 313 g/mol. The summed E-state index contributed by atoms with van der Waals surface area (Å²) < 4.78 is 9.16. The van der Waals surface area contributed by atoms with Gasteiger partial charge in [-0.15, -0.1) is 0 Å². The number of carbonyl (C=O) groups is 1. The third-order valence-corrected chi connectivity index (χ3v) is 3.39. The fraction of sp³-hybridized carbons (Fsp3) is 0.312. The van der Waals surface area contributed by atoms with Crippen LogP contribution in [0.15, 0.2) is 47.3 Å². The van der Waals surface area contributed by atoms with Crippen LogP contribution in [0.3, 0.4) is 0 Å². The van der Waals surface area contributed by atoms with Gasteiger partial charge >= 0.3 is 0 Å². The molecule has 1 amide bonds. The first-order valence-corrected chi connectivity index (χ1v) is 7.55. The maximum atomic E-state index is 12.0. The van der Waals surface area contributed by atoms with Gasteiger partial charge in [0.1, 0.15) is 5.76 Å². The van der Waals surface area contributed by atoms with E-state index in [4.69, 9.17) is 4.42 Å². The number of hydrogen-bond donors (Lipinski definition) is 1. The molecule has 23 heavy (non-hydrogen) atoms. The number of furan rings is 1. The lowest BCUT2D eigenvalue weighted by Gasteiger charge is -2.04. The average Bonchev–Trinajstić information content (AvgIpc) is 3.26. The number of nitrogens with one attached hydrogen (secondary N) is 1. The molecular weight excluding hydrogens is 294 g/mol. The van der Waals surface area contributed by atoms with E-state index in [1.807, 2.05) is 36.1 Å². The minimum atomic E-state index is -0.201. The highest BCUT2D eigenvalue weighted by Gasteiger charge is 2.11. The summed E-state index contributed by atoms with van der Waals surface area (Å²) in [4.78, 5) is 12.0. The van der Waals surface area contributed by atoms with Crippen molar-refractivity contribution in [2.24, 2.45) is 0 Å². The van der Waals surface area contributed by atoms with Crippen LogP contribution in [0.1, 0.15) is 28.4 Å². The monoisotopic (exact) mass is 313 g/mol. The zero-order valence-electron chi connectivity index (χ0n) is 13.0. The summed E-state index contributed by atoms with van der Waals surface area (Å²) in [5, 5.41) is 11.3. The Labute approximate surface area is 133 Å². The van der Waals surface area contributed by atoms with Crippen molar-refractivity contribution in [1.29, 1.82) is 0 Å². The molecule has 3 aromatic rings. The predicted octanol–water partition coefficient (Wildman–Crippen LogP) is 1.85. The van der Waals surface area contributed by atoms with Crippen LogP contribution >= 0.6 is 0 Å². The summed E-state index contributed by atoms with van der Waals surface area (Å²) in [7, 11) is 0. The molecule has 1 N–H and O–H groups in total. The van der Waals surface area contributed by atoms with E-state index < -0.39 is 0 Å². The van der Waals surface area contributed by atoms with Crippen molar-refractivity contribution >= 4 is 5.91 Å². The van der Waals surface area contributed by atoms with Gasteiger partial charge in [0, 0.05) is 31.7 Å². The third-order valence-electron chi connectivity index (χ3n) is 3.39. The molecule has 0 unspecified atom stereocenters. The van der Waals surface area contributed by atoms with Gasteiger partial charge in [-0.1, -0.05) is 0 Å². The molecule has 0 spiro atoms. The van der Waals surface area contributed by atoms with E-state index in [9.17, 15) is 4.79 Å². The molecule has 0 aliphatic heterocycles. The molecule has 3 heterocycles. The van der Waals surface area contributed by atoms with Crippen LogP contribution in [0.4, 0.5) is 0 Å². The molecule has 3 aromatic heterocycles. The fourth-order valence-corrected chi connectivity index (χ4v) is 2.26. The highest BCUT2D eigenvalue weighted by atomic mass is 16.4. The quantitative estimate of drug-likeness (QED) is 0.675. The van der Waals surface area contributed by atoms with E-state index in [1.165, 1.54) is 0 Å². The van der Waals surface area contributed by atoms with E-state index in [1.54, 1.807) is 23.0 Å². The van der Waals surface area contributed by atoms with Crippen molar-refractivity contribution < 1.29 is 9.21 Å². The third kappa shape index (κ3) is 4.09. The summed E-state index contributed by atoms with van der Waals surface area (Å²) in [6.07, 6.45) is 6.30. The standard InChI is InChI=1S/C16H19N5O2/c1-13-6-11-20(19-13)9-2-7-17-16(22)15-5-4-14(23-15)12-21-10-3-8-18-21/h3-6,8,10-11H,2,7,9,12H2,1H3,(H,17,22). The zero-order valence-corrected chi connectivity index (χ0v) is 13.0. The first kappa shape index (κ1) is 15.1. The number of amides is 1. The van der Waals surface area contributed by atoms with Crippen LogP contribution in [0.2, 0.25) is 0 Å². The lowest BCUT2D eigenvalue weighted by molar-refractivity contribution is 0.0923. The molecule has 0 aromatic carbocycles. The maximum Gasteiger partial charge on any atom is 0.286 e. The number of aryl methyl sites for hydroxylation is 2. The molecular formula is C16H19N5O2. The van der Waals surface area contributed by atoms with Gasteiger partial charge in [0.05, 0.1) is 12.2 Å². The lowest BCUT2D eigenvalue weighted by atomic mass is 10.3. The molecule has 0 saturated heterocycles. The first-order valence-electron chi connectivity index (χ1n) is 7.55. The van der Waals surface area contributed by atoms with Crippen molar-refractivity contribution in [1.82, 2.24) is 24.9 Å². The number of nitrogens with zero attached hydrogens (tertiary/aromatic N) is 4. The second-order valence-electron chi connectivity index (χ2n) is 5.30. The highest BCUT2D eigenvalue weighted by Crippen LogP contribution is 2.09. The molecule has 0 radical (unpaired) electrons. The molecule has 120 valence electrons. The Hall–Kier alpha value is -2.83. The van der Waals surface area contributed by atoms with Crippen molar-refractivity contribution in [3.63, 3.8) is 0 Å². The van der Waals surface area contributed by atoms with E-state index in [0.29, 0.717) is 24.6 Å². The number of rotatable bonds is 7. The summed E-state index contributed by atoms with van der Waals surface area (Å²) in [5.74, 6) is 0.821. The van der Waals surface area contributed by atoms with Gasteiger partial charge in [0.15, 0.2) is 5.76 Å².